The number of piperazine rings is 1. The van der Waals surface area contributed by atoms with Crippen LogP contribution in [0.2, 0.25) is 0 Å². The first-order valence-electron chi connectivity index (χ1n) is 8.52. The smallest absolute Gasteiger partial charge is 0.321 e. The zero-order chi connectivity index (χ0) is 16.9. The van der Waals surface area contributed by atoms with Gasteiger partial charge in [0.2, 0.25) is 0 Å². The number of anilines is 1. The summed E-state index contributed by atoms with van der Waals surface area (Å²) in [5, 5.41) is 3.05. The van der Waals surface area contributed by atoms with E-state index in [4.69, 9.17) is 0 Å². The number of nitrogens with zero attached hydrogens (tertiary/aromatic N) is 2. The molecule has 0 unspecified atom stereocenters. The monoisotopic (exact) mass is 323 g/mol. The van der Waals surface area contributed by atoms with Crippen LogP contribution in [0.1, 0.15) is 16.7 Å². The number of nitrogens with one attached hydrogen (secondary N) is 1. The van der Waals surface area contributed by atoms with Gasteiger partial charge in [-0.3, -0.25) is 4.90 Å². The van der Waals surface area contributed by atoms with E-state index in [0.29, 0.717) is 0 Å². The Hall–Kier alpha value is -2.33. The van der Waals surface area contributed by atoms with Crippen molar-refractivity contribution in [3.05, 3.63) is 65.2 Å². The molecule has 1 aliphatic rings. The number of urea groups is 1. The minimum absolute atomic E-state index is 0.00283. The molecule has 0 saturated carbocycles. The molecule has 1 aliphatic heterocycles. The number of rotatable bonds is 3. The first-order chi connectivity index (χ1) is 11.6. The summed E-state index contributed by atoms with van der Waals surface area (Å²) in [6, 6.07) is 16.5. The SMILES string of the molecule is Cc1cccc(NC(=O)N2CCN(Cc3ccccc3)CC2)c1C. The quantitative estimate of drug-likeness (QED) is 0.936. The molecule has 2 aromatic rings. The average Bonchev–Trinajstić information content (AvgIpc) is 2.60. The average molecular weight is 323 g/mol. The lowest BCUT2D eigenvalue weighted by Crippen LogP contribution is -2.49. The second-order valence-electron chi connectivity index (χ2n) is 6.43. The maximum atomic E-state index is 12.5. The van der Waals surface area contributed by atoms with Crippen LogP contribution in [-0.4, -0.2) is 42.0 Å². The van der Waals surface area contributed by atoms with Crippen molar-refractivity contribution in [1.29, 1.82) is 0 Å². The van der Waals surface area contributed by atoms with Crippen molar-refractivity contribution in [3.8, 4) is 0 Å². The highest BCUT2D eigenvalue weighted by Gasteiger charge is 2.21. The highest BCUT2D eigenvalue weighted by molar-refractivity contribution is 5.90. The molecule has 24 heavy (non-hydrogen) atoms. The van der Waals surface area contributed by atoms with E-state index in [1.165, 1.54) is 11.1 Å². The molecular weight excluding hydrogens is 298 g/mol. The zero-order valence-electron chi connectivity index (χ0n) is 14.5. The molecule has 0 bridgehead atoms. The lowest BCUT2D eigenvalue weighted by Gasteiger charge is -2.34. The van der Waals surface area contributed by atoms with Gasteiger partial charge in [-0.15, -0.1) is 0 Å². The Morgan fingerprint density at radius 1 is 0.958 bits per heavy atom. The van der Waals surface area contributed by atoms with Crippen LogP contribution in [-0.2, 0) is 6.54 Å². The van der Waals surface area contributed by atoms with Crippen molar-refractivity contribution in [3.63, 3.8) is 0 Å². The third-order valence-electron chi connectivity index (χ3n) is 4.75. The molecule has 0 atom stereocenters. The van der Waals surface area contributed by atoms with E-state index in [1.807, 2.05) is 30.0 Å². The molecule has 2 amide bonds. The van der Waals surface area contributed by atoms with Crippen LogP contribution < -0.4 is 5.32 Å². The highest BCUT2D eigenvalue weighted by Crippen LogP contribution is 2.19. The van der Waals surface area contributed by atoms with Crippen LogP contribution in [0.3, 0.4) is 0 Å². The Morgan fingerprint density at radius 2 is 1.67 bits per heavy atom. The third kappa shape index (κ3) is 3.95. The Kier molecular flexibility index (Phi) is 5.16. The maximum absolute atomic E-state index is 12.5. The van der Waals surface area contributed by atoms with Crippen LogP contribution in [0.4, 0.5) is 10.5 Å². The van der Waals surface area contributed by atoms with Crippen molar-refractivity contribution < 1.29 is 4.79 Å². The van der Waals surface area contributed by atoms with Crippen LogP contribution >= 0.6 is 0 Å². The van der Waals surface area contributed by atoms with Gasteiger partial charge in [0.25, 0.3) is 0 Å². The number of carbonyl (C=O) groups excluding carboxylic acids is 1. The van der Waals surface area contributed by atoms with Crippen molar-refractivity contribution in [2.75, 3.05) is 31.5 Å². The molecule has 126 valence electrons. The van der Waals surface area contributed by atoms with Gasteiger partial charge >= 0.3 is 6.03 Å². The van der Waals surface area contributed by atoms with Gasteiger partial charge in [0.15, 0.2) is 0 Å². The Bertz CT molecular complexity index is 691. The molecule has 0 aliphatic carbocycles. The van der Waals surface area contributed by atoms with Crippen molar-refractivity contribution in [2.24, 2.45) is 0 Å². The second kappa shape index (κ2) is 7.49. The predicted molar refractivity (Wildman–Crippen MR) is 98.2 cm³/mol. The summed E-state index contributed by atoms with van der Waals surface area (Å²) >= 11 is 0. The van der Waals surface area contributed by atoms with Gasteiger partial charge in [-0.25, -0.2) is 4.79 Å². The number of hydrogen-bond donors (Lipinski definition) is 1. The van der Waals surface area contributed by atoms with Crippen molar-refractivity contribution in [2.45, 2.75) is 20.4 Å². The van der Waals surface area contributed by atoms with Gasteiger partial charge in [0, 0.05) is 38.4 Å². The molecule has 0 radical (unpaired) electrons. The maximum Gasteiger partial charge on any atom is 0.321 e. The third-order valence-corrected chi connectivity index (χ3v) is 4.75. The van der Waals surface area contributed by atoms with Gasteiger partial charge in [-0.2, -0.15) is 0 Å². The first kappa shape index (κ1) is 16.5. The Balaban J connectivity index is 1.52. The molecule has 1 heterocycles. The molecule has 1 saturated heterocycles. The standard InChI is InChI=1S/C20H25N3O/c1-16-7-6-10-19(17(16)2)21-20(24)23-13-11-22(12-14-23)15-18-8-4-3-5-9-18/h3-10H,11-15H2,1-2H3,(H,21,24). The van der Waals surface area contributed by atoms with Crippen molar-refractivity contribution >= 4 is 11.7 Å². The summed E-state index contributed by atoms with van der Waals surface area (Å²) in [7, 11) is 0. The lowest BCUT2D eigenvalue weighted by atomic mass is 10.1. The van der Waals surface area contributed by atoms with Crippen molar-refractivity contribution in [1.82, 2.24) is 9.80 Å². The molecule has 4 nitrogen and oxygen atoms in total. The summed E-state index contributed by atoms with van der Waals surface area (Å²) in [5.74, 6) is 0. The van der Waals surface area contributed by atoms with E-state index in [0.717, 1.165) is 44.0 Å². The van der Waals surface area contributed by atoms with Gasteiger partial charge in [-0.1, -0.05) is 42.5 Å². The molecule has 0 spiro atoms. The molecule has 1 N–H and O–H groups in total. The summed E-state index contributed by atoms with van der Waals surface area (Å²) in [4.78, 5) is 16.8. The van der Waals surface area contributed by atoms with Gasteiger partial charge in [0.1, 0.15) is 0 Å². The van der Waals surface area contributed by atoms with Crippen LogP contribution in [0.15, 0.2) is 48.5 Å². The fourth-order valence-electron chi connectivity index (χ4n) is 3.03. The van der Waals surface area contributed by atoms with Crippen LogP contribution in [0.25, 0.3) is 0 Å². The van der Waals surface area contributed by atoms with E-state index in [2.05, 4.69) is 47.5 Å². The number of carbonyl (C=O) groups is 1. The molecule has 1 fully saturated rings. The van der Waals surface area contributed by atoms with E-state index in [9.17, 15) is 4.79 Å². The van der Waals surface area contributed by atoms with Gasteiger partial charge < -0.3 is 10.2 Å². The molecule has 0 aromatic heterocycles. The summed E-state index contributed by atoms with van der Waals surface area (Å²) < 4.78 is 0. The lowest BCUT2D eigenvalue weighted by molar-refractivity contribution is 0.143. The number of hydrogen-bond acceptors (Lipinski definition) is 2. The van der Waals surface area contributed by atoms with Crippen LogP contribution in [0, 0.1) is 13.8 Å². The van der Waals surface area contributed by atoms with E-state index < -0.39 is 0 Å². The fraction of sp³-hybridized carbons (Fsp3) is 0.350. The number of benzene rings is 2. The largest absolute Gasteiger partial charge is 0.322 e. The normalized spacial score (nSPS) is 15.3. The van der Waals surface area contributed by atoms with E-state index >= 15 is 0 Å². The number of aryl methyl sites for hydroxylation is 1. The zero-order valence-corrected chi connectivity index (χ0v) is 14.5. The summed E-state index contributed by atoms with van der Waals surface area (Å²) in [6.45, 7) is 8.42. The second-order valence-corrected chi connectivity index (χ2v) is 6.43. The molecular formula is C20H25N3O. The minimum Gasteiger partial charge on any atom is -0.322 e. The first-order valence-corrected chi connectivity index (χ1v) is 8.52. The van der Waals surface area contributed by atoms with Crippen LogP contribution in [0.5, 0.6) is 0 Å². The van der Waals surface area contributed by atoms with E-state index in [-0.39, 0.29) is 6.03 Å². The highest BCUT2D eigenvalue weighted by atomic mass is 16.2. The molecule has 3 rings (SSSR count). The van der Waals surface area contributed by atoms with E-state index in [1.54, 1.807) is 0 Å². The Labute approximate surface area is 144 Å². The Morgan fingerprint density at radius 3 is 2.38 bits per heavy atom. The number of amides is 2. The van der Waals surface area contributed by atoms with Gasteiger partial charge in [-0.05, 0) is 36.6 Å². The minimum atomic E-state index is 0.00283. The molecule has 4 heteroatoms. The summed E-state index contributed by atoms with van der Waals surface area (Å²) in [5.41, 5.74) is 4.56. The molecule has 2 aromatic carbocycles. The fourth-order valence-corrected chi connectivity index (χ4v) is 3.03. The predicted octanol–water partition coefficient (Wildman–Crippen LogP) is 3.65. The van der Waals surface area contributed by atoms with Gasteiger partial charge in [0.05, 0.1) is 0 Å². The topological polar surface area (TPSA) is 35.6 Å². The summed E-state index contributed by atoms with van der Waals surface area (Å²) in [6.07, 6.45) is 0.